The van der Waals surface area contributed by atoms with Crippen LogP contribution in [0, 0.1) is 20.8 Å². The van der Waals surface area contributed by atoms with E-state index in [1.165, 1.54) is 0 Å². The molecule has 0 spiro atoms. The van der Waals surface area contributed by atoms with Gasteiger partial charge < -0.3 is 14.8 Å². The van der Waals surface area contributed by atoms with Gasteiger partial charge in [-0.05, 0) is 61.5 Å². The minimum Gasteiger partial charge on any atom is -0.436 e. The highest BCUT2D eigenvalue weighted by Gasteiger charge is 2.17. The van der Waals surface area contributed by atoms with Crippen LogP contribution >= 0.6 is 0 Å². The normalized spacial score (nSPS) is 11.8. The van der Waals surface area contributed by atoms with Gasteiger partial charge >= 0.3 is 0 Å². The Hall–Kier alpha value is -4.29. The zero-order chi connectivity index (χ0) is 24.5. The van der Waals surface area contributed by atoms with Gasteiger partial charge in [0.15, 0.2) is 5.58 Å². The van der Waals surface area contributed by atoms with Crippen LogP contribution in [0.3, 0.4) is 0 Å². The Labute approximate surface area is 202 Å². The third-order valence-electron chi connectivity index (χ3n) is 6.22. The molecule has 0 aliphatic heterocycles. The summed E-state index contributed by atoms with van der Waals surface area (Å²) in [4.78, 5) is 22.6. The van der Waals surface area contributed by atoms with Gasteiger partial charge in [0.05, 0.1) is 18.0 Å². The van der Waals surface area contributed by atoms with E-state index in [4.69, 9.17) is 9.41 Å². The second kappa shape index (κ2) is 9.16. The van der Waals surface area contributed by atoms with E-state index < -0.39 is 0 Å². The van der Waals surface area contributed by atoms with E-state index in [0.29, 0.717) is 33.6 Å². The standard InChI is InChI=1S/C29H25N3O3/c1-17-11-12-22(13-18(17)2)31-28(34)25-14-24-21(16-33)15-30-19(3)27(24)35-29(25)32-26-10-6-8-20-7-4-5-9-23(20)26/h4-15,33H,16H2,1-3H3,(H,31,34). The fourth-order valence-corrected chi connectivity index (χ4v) is 4.09. The molecule has 0 unspecified atom stereocenters. The maximum atomic E-state index is 13.5. The molecule has 2 heterocycles. The number of aliphatic hydroxyl groups is 1. The molecule has 0 bridgehead atoms. The predicted molar refractivity (Wildman–Crippen MR) is 138 cm³/mol. The average molecular weight is 464 g/mol. The third kappa shape index (κ3) is 4.32. The number of amides is 1. The van der Waals surface area contributed by atoms with Gasteiger partial charge in [-0.2, -0.15) is 0 Å². The number of hydrogen-bond donors (Lipinski definition) is 2. The van der Waals surface area contributed by atoms with E-state index in [1.807, 2.05) is 81.4 Å². The molecule has 0 aliphatic rings. The van der Waals surface area contributed by atoms with Gasteiger partial charge in [-0.3, -0.25) is 9.78 Å². The minimum atomic E-state index is -0.351. The van der Waals surface area contributed by atoms with E-state index in [-0.39, 0.29) is 23.6 Å². The van der Waals surface area contributed by atoms with Crippen molar-refractivity contribution in [2.24, 2.45) is 4.99 Å². The van der Waals surface area contributed by atoms with Crippen LogP contribution in [-0.2, 0) is 6.61 Å². The maximum absolute atomic E-state index is 13.5. The highest BCUT2D eigenvalue weighted by atomic mass is 16.3. The number of hydrogen-bond acceptors (Lipinski definition) is 5. The molecule has 2 aromatic heterocycles. The van der Waals surface area contributed by atoms with Crippen molar-refractivity contribution in [2.45, 2.75) is 27.4 Å². The van der Waals surface area contributed by atoms with Crippen molar-refractivity contribution < 1.29 is 14.3 Å². The number of carbonyl (C=O) groups excluding carboxylic acids is 1. The average Bonchev–Trinajstić information content (AvgIpc) is 2.86. The van der Waals surface area contributed by atoms with Gasteiger partial charge in [0.2, 0.25) is 5.55 Å². The topological polar surface area (TPSA) is 87.7 Å². The molecule has 2 N–H and O–H groups in total. The van der Waals surface area contributed by atoms with Crippen LogP contribution in [0.4, 0.5) is 11.4 Å². The molecule has 35 heavy (non-hydrogen) atoms. The molecule has 5 rings (SSSR count). The molecule has 0 saturated carbocycles. The molecule has 0 atom stereocenters. The monoisotopic (exact) mass is 463 g/mol. The van der Waals surface area contributed by atoms with E-state index in [0.717, 1.165) is 21.9 Å². The smallest absolute Gasteiger partial charge is 0.261 e. The number of benzene rings is 3. The Morgan fingerprint density at radius 3 is 2.57 bits per heavy atom. The van der Waals surface area contributed by atoms with Crippen LogP contribution in [0.2, 0.25) is 0 Å². The molecule has 5 aromatic rings. The van der Waals surface area contributed by atoms with Crippen molar-refractivity contribution in [2.75, 3.05) is 5.32 Å². The van der Waals surface area contributed by atoms with Gasteiger partial charge in [0.25, 0.3) is 5.91 Å². The number of fused-ring (bicyclic) bond motifs is 2. The van der Waals surface area contributed by atoms with Crippen molar-refractivity contribution in [3.63, 3.8) is 0 Å². The Kier molecular flexibility index (Phi) is 5.89. The number of aromatic nitrogens is 1. The Bertz CT molecular complexity index is 1660. The molecule has 0 fully saturated rings. The first kappa shape index (κ1) is 22.5. The van der Waals surface area contributed by atoms with Gasteiger partial charge in [-0.25, -0.2) is 4.99 Å². The maximum Gasteiger partial charge on any atom is 0.261 e. The highest BCUT2D eigenvalue weighted by Crippen LogP contribution is 2.26. The second-order valence-electron chi connectivity index (χ2n) is 8.60. The zero-order valence-corrected chi connectivity index (χ0v) is 19.8. The summed E-state index contributed by atoms with van der Waals surface area (Å²) in [7, 11) is 0. The van der Waals surface area contributed by atoms with Crippen LogP contribution in [0.5, 0.6) is 0 Å². The van der Waals surface area contributed by atoms with Crippen LogP contribution < -0.4 is 10.9 Å². The van der Waals surface area contributed by atoms with Gasteiger partial charge in [0.1, 0.15) is 5.56 Å². The summed E-state index contributed by atoms with van der Waals surface area (Å²) in [6.45, 7) is 5.62. The first-order chi connectivity index (χ1) is 16.9. The summed E-state index contributed by atoms with van der Waals surface area (Å²) >= 11 is 0. The first-order valence-electron chi connectivity index (χ1n) is 11.4. The SMILES string of the molecule is Cc1ccc(NC(=O)c2cc3c(CO)cnc(C)c3oc2=Nc2cccc3ccccc23)cc1C. The fourth-order valence-electron chi connectivity index (χ4n) is 4.09. The lowest BCUT2D eigenvalue weighted by Gasteiger charge is -2.11. The van der Waals surface area contributed by atoms with Gasteiger partial charge in [-0.1, -0.05) is 42.5 Å². The number of nitrogens with one attached hydrogen (secondary N) is 1. The second-order valence-corrected chi connectivity index (χ2v) is 8.60. The van der Waals surface area contributed by atoms with Crippen molar-refractivity contribution in [3.8, 4) is 0 Å². The lowest BCUT2D eigenvalue weighted by Crippen LogP contribution is -2.22. The molecule has 1 amide bonds. The Morgan fingerprint density at radius 2 is 1.77 bits per heavy atom. The van der Waals surface area contributed by atoms with Crippen LogP contribution in [0.15, 0.2) is 82.3 Å². The Morgan fingerprint density at radius 1 is 0.971 bits per heavy atom. The van der Waals surface area contributed by atoms with Gasteiger partial charge in [-0.15, -0.1) is 0 Å². The third-order valence-corrected chi connectivity index (χ3v) is 6.22. The highest BCUT2D eigenvalue weighted by molar-refractivity contribution is 6.06. The number of pyridine rings is 1. The summed E-state index contributed by atoms with van der Waals surface area (Å²) in [6.07, 6.45) is 1.60. The van der Waals surface area contributed by atoms with E-state index in [2.05, 4.69) is 10.3 Å². The zero-order valence-electron chi connectivity index (χ0n) is 19.8. The lowest BCUT2D eigenvalue weighted by molar-refractivity contribution is 0.102. The van der Waals surface area contributed by atoms with Crippen molar-refractivity contribution in [1.29, 1.82) is 0 Å². The minimum absolute atomic E-state index is 0.176. The summed E-state index contributed by atoms with van der Waals surface area (Å²) in [6, 6.07) is 21.2. The first-order valence-corrected chi connectivity index (χ1v) is 11.4. The molecule has 6 heteroatoms. The molecule has 0 aliphatic carbocycles. The molecule has 174 valence electrons. The molecule has 3 aromatic carbocycles. The lowest BCUT2D eigenvalue weighted by atomic mass is 10.1. The van der Waals surface area contributed by atoms with Crippen LogP contribution in [-0.4, -0.2) is 16.0 Å². The van der Waals surface area contributed by atoms with E-state index in [9.17, 15) is 9.90 Å². The molecular weight excluding hydrogens is 438 g/mol. The van der Waals surface area contributed by atoms with Gasteiger partial charge in [0, 0.05) is 28.2 Å². The number of rotatable bonds is 4. The van der Waals surface area contributed by atoms with Crippen molar-refractivity contribution in [3.05, 3.63) is 106 Å². The summed E-state index contributed by atoms with van der Waals surface area (Å²) < 4.78 is 6.22. The van der Waals surface area contributed by atoms with Crippen molar-refractivity contribution in [1.82, 2.24) is 4.98 Å². The summed E-state index contributed by atoms with van der Waals surface area (Å²) in [5.74, 6) is -0.351. The molecular formula is C29H25N3O3. The molecule has 0 saturated heterocycles. The van der Waals surface area contributed by atoms with E-state index >= 15 is 0 Å². The molecule has 0 radical (unpaired) electrons. The van der Waals surface area contributed by atoms with Crippen LogP contribution in [0.1, 0.15) is 32.7 Å². The number of aryl methyl sites for hydroxylation is 3. The fraction of sp³-hybridized carbons (Fsp3) is 0.138. The number of carbonyl (C=O) groups is 1. The summed E-state index contributed by atoms with van der Waals surface area (Å²) in [5.41, 5.74) is 5.75. The number of aliphatic hydroxyl groups excluding tert-OH is 1. The van der Waals surface area contributed by atoms with Crippen molar-refractivity contribution >= 4 is 39.0 Å². The predicted octanol–water partition coefficient (Wildman–Crippen LogP) is 5.88. The molecule has 6 nitrogen and oxygen atoms in total. The Balaban J connectivity index is 1.74. The van der Waals surface area contributed by atoms with E-state index in [1.54, 1.807) is 12.3 Å². The quantitative estimate of drug-likeness (QED) is 0.348. The number of nitrogens with zero attached hydrogens (tertiary/aromatic N) is 2. The number of anilines is 1. The summed E-state index contributed by atoms with van der Waals surface area (Å²) in [5, 5.41) is 15.4. The van der Waals surface area contributed by atoms with Crippen LogP contribution in [0.25, 0.3) is 21.7 Å². The largest absolute Gasteiger partial charge is 0.436 e.